The van der Waals surface area contributed by atoms with Crippen LogP contribution >= 0.6 is 0 Å². The van der Waals surface area contributed by atoms with Crippen LogP contribution in [0, 0.1) is 0 Å². The molecule has 17 heavy (non-hydrogen) atoms. The fraction of sp³-hybridized carbons (Fsp3) is 0.647. The standard InChI is InChI=1S/C17H28/c1-2-3-4-5-6-7-8-11-14-17-15-12-9-10-13-16-17/h9,12-13,15-16H,2-8,10-11,14H2,1H3. The lowest BCUT2D eigenvalue weighted by Crippen LogP contribution is -1.83. The van der Waals surface area contributed by atoms with Gasteiger partial charge in [-0.3, -0.25) is 0 Å². The molecule has 0 aliphatic heterocycles. The zero-order valence-electron chi connectivity index (χ0n) is 11.5. The summed E-state index contributed by atoms with van der Waals surface area (Å²) in [5.74, 6) is 0. The smallest absolute Gasteiger partial charge is 0.0163 e. The number of hydrogen-bond acceptors (Lipinski definition) is 0. The summed E-state index contributed by atoms with van der Waals surface area (Å²) in [6.45, 7) is 2.28. The van der Waals surface area contributed by atoms with Gasteiger partial charge >= 0.3 is 0 Å². The minimum absolute atomic E-state index is 1.09. The van der Waals surface area contributed by atoms with Gasteiger partial charge in [0.1, 0.15) is 0 Å². The van der Waals surface area contributed by atoms with E-state index in [0.29, 0.717) is 0 Å². The second-order valence-corrected chi connectivity index (χ2v) is 5.03. The molecule has 0 heterocycles. The highest BCUT2D eigenvalue weighted by atomic mass is 14.0. The van der Waals surface area contributed by atoms with E-state index in [0.717, 1.165) is 6.42 Å². The molecule has 0 aromatic heterocycles. The van der Waals surface area contributed by atoms with Crippen LogP contribution in [-0.2, 0) is 0 Å². The van der Waals surface area contributed by atoms with Crippen molar-refractivity contribution >= 4 is 0 Å². The molecule has 0 bridgehead atoms. The number of rotatable bonds is 9. The summed E-state index contributed by atoms with van der Waals surface area (Å²) in [5, 5.41) is 0. The van der Waals surface area contributed by atoms with Crippen LogP contribution in [0.4, 0.5) is 0 Å². The van der Waals surface area contributed by atoms with Crippen LogP contribution in [0.1, 0.15) is 71.1 Å². The third-order valence-electron chi connectivity index (χ3n) is 3.37. The highest BCUT2D eigenvalue weighted by Gasteiger charge is 1.95. The molecule has 0 spiro atoms. The molecule has 1 aliphatic rings. The molecule has 0 radical (unpaired) electrons. The highest BCUT2D eigenvalue weighted by molar-refractivity contribution is 5.26. The average molecular weight is 232 g/mol. The highest BCUT2D eigenvalue weighted by Crippen LogP contribution is 2.15. The molecule has 1 rings (SSSR count). The van der Waals surface area contributed by atoms with Crippen LogP contribution in [0.15, 0.2) is 36.0 Å². The van der Waals surface area contributed by atoms with Gasteiger partial charge in [-0.2, -0.15) is 0 Å². The van der Waals surface area contributed by atoms with Crippen molar-refractivity contribution < 1.29 is 0 Å². The molecule has 96 valence electrons. The Balaban J connectivity index is 1.93. The van der Waals surface area contributed by atoms with Gasteiger partial charge in [-0.25, -0.2) is 0 Å². The van der Waals surface area contributed by atoms with E-state index >= 15 is 0 Å². The van der Waals surface area contributed by atoms with Crippen molar-refractivity contribution in [3.63, 3.8) is 0 Å². The second kappa shape index (κ2) is 10.4. The van der Waals surface area contributed by atoms with Crippen LogP contribution in [-0.4, -0.2) is 0 Å². The maximum atomic E-state index is 2.29. The first kappa shape index (κ1) is 14.3. The Kier molecular flexibility index (Phi) is 8.72. The van der Waals surface area contributed by atoms with Gasteiger partial charge in [0.15, 0.2) is 0 Å². The third-order valence-corrected chi connectivity index (χ3v) is 3.37. The van der Waals surface area contributed by atoms with Gasteiger partial charge in [0, 0.05) is 0 Å². The van der Waals surface area contributed by atoms with Crippen molar-refractivity contribution in [1.29, 1.82) is 0 Å². The first-order valence-corrected chi connectivity index (χ1v) is 7.45. The van der Waals surface area contributed by atoms with E-state index in [1.165, 1.54) is 63.4 Å². The fourth-order valence-electron chi connectivity index (χ4n) is 2.25. The van der Waals surface area contributed by atoms with E-state index in [2.05, 4.69) is 37.3 Å². The molecule has 0 nitrogen and oxygen atoms in total. The van der Waals surface area contributed by atoms with E-state index in [4.69, 9.17) is 0 Å². The summed E-state index contributed by atoms with van der Waals surface area (Å²) in [7, 11) is 0. The normalized spacial score (nSPS) is 14.8. The molecule has 0 saturated heterocycles. The van der Waals surface area contributed by atoms with Gasteiger partial charge in [-0.15, -0.1) is 0 Å². The fourth-order valence-corrected chi connectivity index (χ4v) is 2.25. The van der Waals surface area contributed by atoms with E-state index in [9.17, 15) is 0 Å². The van der Waals surface area contributed by atoms with Crippen LogP contribution in [0.5, 0.6) is 0 Å². The van der Waals surface area contributed by atoms with Crippen molar-refractivity contribution in [2.75, 3.05) is 0 Å². The van der Waals surface area contributed by atoms with Crippen molar-refractivity contribution in [1.82, 2.24) is 0 Å². The van der Waals surface area contributed by atoms with E-state index in [1.807, 2.05) is 0 Å². The number of unbranched alkanes of at least 4 members (excludes halogenated alkanes) is 7. The summed E-state index contributed by atoms with van der Waals surface area (Å²) in [4.78, 5) is 0. The van der Waals surface area contributed by atoms with Gasteiger partial charge in [0.2, 0.25) is 0 Å². The predicted octanol–water partition coefficient (Wildman–Crippen LogP) is 5.96. The quantitative estimate of drug-likeness (QED) is 0.430. The topological polar surface area (TPSA) is 0 Å². The third kappa shape index (κ3) is 8.01. The Morgan fingerprint density at radius 1 is 0.882 bits per heavy atom. The average Bonchev–Trinajstić information content (AvgIpc) is 2.61. The summed E-state index contributed by atoms with van der Waals surface area (Å²) < 4.78 is 0. The molecule has 0 aromatic rings. The molecule has 0 saturated carbocycles. The Morgan fingerprint density at radius 3 is 2.35 bits per heavy atom. The van der Waals surface area contributed by atoms with E-state index in [-0.39, 0.29) is 0 Å². The molecule has 0 aromatic carbocycles. The molecule has 0 atom stereocenters. The van der Waals surface area contributed by atoms with Gasteiger partial charge in [-0.05, 0) is 24.8 Å². The van der Waals surface area contributed by atoms with Gasteiger partial charge < -0.3 is 0 Å². The Bertz CT molecular complexity index is 255. The maximum absolute atomic E-state index is 2.29. The molecule has 0 fully saturated rings. The van der Waals surface area contributed by atoms with E-state index in [1.54, 1.807) is 0 Å². The predicted molar refractivity (Wildman–Crippen MR) is 78.2 cm³/mol. The molecule has 0 amide bonds. The number of hydrogen-bond donors (Lipinski definition) is 0. The summed E-state index contributed by atoms with van der Waals surface area (Å²) >= 11 is 0. The Labute approximate surface area is 108 Å². The second-order valence-electron chi connectivity index (χ2n) is 5.03. The SMILES string of the molecule is CCCCCCCCCCC1=CC=CCC=C1. The Hall–Kier alpha value is -0.780. The first-order chi connectivity index (χ1) is 8.43. The molecule has 0 heteroatoms. The van der Waals surface area contributed by atoms with Gasteiger partial charge in [0.25, 0.3) is 0 Å². The minimum Gasteiger partial charge on any atom is -0.0807 e. The lowest BCUT2D eigenvalue weighted by atomic mass is 10.0. The zero-order chi connectivity index (χ0) is 12.2. The molecule has 0 unspecified atom stereocenters. The summed E-state index contributed by atoms with van der Waals surface area (Å²) in [5.41, 5.74) is 1.50. The summed E-state index contributed by atoms with van der Waals surface area (Å²) in [6.07, 6.45) is 24.9. The Morgan fingerprint density at radius 2 is 1.59 bits per heavy atom. The zero-order valence-corrected chi connectivity index (χ0v) is 11.5. The maximum Gasteiger partial charge on any atom is -0.0163 e. The van der Waals surface area contributed by atoms with Crippen LogP contribution in [0.2, 0.25) is 0 Å². The lowest BCUT2D eigenvalue weighted by molar-refractivity contribution is 0.576. The van der Waals surface area contributed by atoms with Crippen molar-refractivity contribution in [3.8, 4) is 0 Å². The number of allylic oxidation sites excluding steroid dienone is 6. The molecule has 1 aliphatic carbocycles. The molecular formula is C17H28. The van der Waals surface area contributed by atoms with Crippen LogP contribution < -0.4 is 0 Å². The monoisotopic (exact) mass is 232 g/mol. The van der Waals surface area contributed by atoms with Gasteiger partial charge in [0.05, 0.1) is 0 Å². The first-order valence-electron chi connectivity index (χ1n) is 7.45. The lowest BCUT2D eigenvalue weighted by Gasteiger charge is -2.02. The van der Waals surface area contributed by atoms with Crippen molar-refractivity contribution in [2.24, 2.45) is 0 Å². The van der Waals surface area contributed by atoms with Gasteiger partial charge in [-0.1, -0.05) is 82.2 Å². The van der Waals surface area contributed by atoms with E-state index < -0.39 is 0 Å². The summed E-state index contributed by atoms with van der Waals surface area (Å²) in [6, 6.07) is 0. The van der Waals surface area contributed by atoms with Crippen LogP contribution in [0.3, 0.4) is 0 Å². The largest absolute Gasteiger partial charge is 0.0807 e. The molecule has 0 N–H and O–H groups in total. The van der Waals surface area contributed by atoms with Crippen molar-refractivity contribution in [3.05, 3.63) is 36.0 Å². The molecular weight excluding hydrogens is 204 g/mol. The minimum atomic E-state index is 1.09. The van der Waals surface area contributed by atoms with Crippen molar-refractivity contribution in [2.45, 2.75) is 71.1 Å². The van der Waals surface area contributed by atoms with Crippen LogP contribution in [0.25, 0.3) is 0 Å².